The summed E-state index contributed by atoms with van der Waals surface area (Å²) in [4.78, 5) is 11.2. The summed E-state index contributed by atoms with van der Waals surface area (Å²) in [5, 5.41) is 0. The van der Waals surface area contributed by atoms with Crippen LogP contribution >= 0.6 is 0 Å². The zero-order chi connectivity index (χ0) is 15.3. The average molecular weight is 303 g/mol. The van der Waals surface area contributed by atoms with Crippen LogP contribution in [0.2, 0.25) is 0 Å². The summed E-state index contributed by atoms with van der Waals surface area (Å²) in [6, 6.07) is 2.66. The van der Waals surface area contributed by atoms with Gasteiger partial charge in [0.05, 0.1) is 17.6 Å². The number of benzene rings is 1. The van der Waals surface area contributed by atoms with Crippen LogP contribution in [0, 0.1) is 5.82 Å². The molecule has 0 amide bonds. The SMILES string of the molecule is CCC(CC)NS(=O)(=O)c1cc(F)ccc1C(=O)OC. The number of halogens is 1. The lowest BCUT2D eigenvalue weighted by Crippen LogP contribution is -2.34. The minimum atomic E-state index is -3.98. The Bertz CT molecular complexity index is 582. The van der Waals surface area contributed by atoms with Gasteiger partial charge < -0.3 is 4.74 Å². The molecule has 0 aliphatic carbocycles. The summed E-state index contributed by atoms with van der Waals surface area (Å²) in [6.07, 6.45) is 1.19. The Balaban J connectivity index is 3.29. The van der Waals surface area contributed by atoms with E-state index in [0.29, 0.717) is 12.8 Å². The molecule has 0 saturated carbocycles. The van der Waals surface area contributed by atoms with Crippen molar-refractivity contribution < 1.29 is 22.3 Å². The predicted octanol–water partition coefficient (Wildman–Crippen LogP) is 2.08. The second kappa shape index (κ2) is 6.81. The normalized spacial score (nSPS) is 11.7. The van der Waals surface area contributed by atoms with E-state index in [-0.39, 0.29) is 11.6 Å². The molecule has 0 radical (unpaired) electrons. The van der Waals surface area contributed by atoms with Crippen molar-refractivity contribution in [1.29, 1.82) is 0 Å². The molecule has 1 rings (SSSR count). The first-order valence-corrected chi connectivity index (χ1v) is 7.74. The van der Waals surface area contributed by atoms with E-state index in [1.54, 1.807) is 0 Å². The summed E-state index contributed by atoms with van der Waals surface area (Å²) in [6.45, 7) is 3.67. The van der Waals surface area contributed by atoms with Gasteiger partial charge in [0, 0.05) is 6.04 Å². The highest BCUT2D eigenvalue weighted by molar-refractivity contribution is 7.89. The third-order valence-corrected chi connectivity index (χ3v) is 4.51. The van der Waals surface area contributed by atoms with Gasteiger partial charge in [-0.3, -0.25) is 0 Å². The molecule has 0 heterocycles. The maximum Gasteiger partial charge on any atom is 0.339 e. The lowest BCUT2D eigenvalue weighted by Gasteiger charge is -2.16. The van der Waals surface area contributed by atoms with E-state index in [4.69, 9.17) is 0 Å². The van der Waals surface area contributed by atoms with Crippen molar-refractivity contribution >= 4 is 16.0 Å². The predicted molar refractivity (Wildman–Crippen MR) is 72.4 cm³/mol. The quantitative estimate of drug-likeness (QED) is 0.817. The molecule has 0 spiro atoms. The molecule has 7 heteroatoms. The Morgan fingerprint density at radius 3 is 2.45 bits per heavy atom. The van der Waals surface area contributed by atoms with Crippen LogP contribution in [0.15, 0.2) is 23.1 Å². The smallest absolute Gasteiger partial charge is 0.339 e. The molecule has 0 aromatic heterocycles. The second-order valence-corrected chi connectivity index (χ2v) is 5.95. The lowest BCUT2D eigenvalue weighted by molar-refractivity contribution is 0.0596. The van der Waals surface area contributed by atoms with E-state index in [2.05, 4.69) is 9.46 Å². The molecule has 5 nitrogen and oxygen atoms in total. The van der Waals surface area contributed by atoms with E-state index >= 15 is 0 Å². The van der Waals surface area contributed by atoms with E-state index in [9.17, 15) is 17.6 Å². The van der Waals surface area contributed by atoms with Gasteiger partial charge in [0.2, 0.25) is 10.0 Å². The van der Waals surface area contributed by atoms with Crippen molar-refractivity contribution in [3.8, 4) is 0 Å². The Morgan fingerprint density at radius 1 is 1.35 bits per heavy atom. The van der Waals surface area contributed by atoms with Crippen LogP contribution in [0.4, 0.5) is 4.39 Å². The summed E-state index contributed by atoms with van der Waals surface area (Å²) in [7, 11) is -2.85. The number of rotatable bonds is 6. The van der Waals surface area contributed by atoms with Crippen LogP contribution in [0.3, 0.4) is 0 Å². The van der Waals surface area contributed by atoms with Crippen molar-refractivity contribution in [2.24, 2.45) is 0 Å². The summed E-state index contributed by atoms with van der Waals surface area (Å²) in [5.74, 6) is -1.56. The van der Waals surface area contributed by atoms with Crippen molar-refractivity contribution in [3.63, 3.8) is 0 Å². The summed E-state index contributed by atoms with van der Waals surface area (Å²) < 4.78 is 44.8. The standard InChI is InChI=1S/C13H18FNO4S/c1-4-10(5-2)15-20(17,18)12-8-9(14)6-7-11(12)13(16)19-3/h6-8,10,15H,4-5H2,1-3H3. The monoisotopic (exact) mass is 303 g/mol. The zero-order valence-electron chi connectivity index (χ0n) is 11.6. The molecule has 112 valence electrons. The second-order valence-electron chi connectivity index (χ2n) is 4.27. The molecule has 0 fully saturated rings. The number of hydrogen-bond donors (Lipinski definition) is 1. The fourth-order valence-electron chi connectivity index (χ4n) is 1.74. The van der Waals surface area contributed by atoms with Gasteiger partial charge in [-0.05, 0) is 31.0 Å². The first-order chi connectivity index (χ1) is 9.35. The van der Waals surface area contributed by atoms with E-state index in [1.165, 1.54) is 0 Å². The Labute approximate surface area is 118 Å². The molecular weight excluding hydrogens is 285 g/mol. The highest BCUT2D eigenvalue weighted by atomic mass is 32.2. The van der Waals surface area contributed by atoms with Crippen LogP contribution in [0.25, 0.3) is 0 Å². The van der Waals surface area contributed by atoms with Crippen LogP contribution in [0.5, 0.6) is 0 Å². The number of hydrogen-bond acceptors (Lipinski definition) is 4. The number of nitrogens with one attached hydrogen (secondary N) is 1. The third-order valence-electron chi connectivity index (χ3n) is 2.95. The van der Waals surface area contributed by atoms with Crippen molar-refractivity contribution in [2.45, 2.75) is 37.6 Å². The van der Waals surface area contributed by atoms with Gasteiger partial charge in [0.15, 0.2) is 0 Å². The van der Waals surface area contributed by atoms with E-state index in [1.807, 2.05) is 13.8 Å². The molecule has 1 aromatic carbocycles. The largest absolute Gasteiger partial charge is 0.465 e. The number of ether oxygens (including phenoxy) is 1. The van der Waals surface area contributed by atoms with E-state index < -0.39 is 26.7 Å². The Hall–Kier alpha value is -1.47. The fourth-order valence-corrected chi connectivity index (χ4v) is 3.34. The Kier molecular flexibility index (Phi) is 5.64. The topological polar surface area (TPSA) is 72.5 Å². The number of carbonyl (C=O) groups is 1. The van der Waals surface area contributed by atoms with Gasteiger partial charge >= 0.3 is 5.97 Å². The molecule has 0 saturated heterocycles. The molecule has 20 heavy (non-hydrogen) atoms. The first-order valence-electron chi connectivity index (χ1n) is 6.25. The maximum absolute atomic E-state index is 13.3. The third kappa shape index (κ3) is 3.77. The Morgan fingerprint density at radius 2 is 1.95 bits per heavy atom. The molecule has 0 atom stereocenters. The van der Waals surface area contributed by atoms with Gasteiger partial charge in [-0.2, -0.15) is 0 Å². The number of esters is 1. The minimum absolute atomic E-state index is 0.188. The van der Waals surface area contributed by atoms with Crippen LogP contribution < -0.4 is 4.72 Å². The van der Waals surface area contributed by atoms with Gasteiger partial charge in [-0.15, -0.1) is 0 Å². The van der Waals surface area contributed by atoms with Crippen molar-refractivity contribution in [2.75, 3.05) is 7.11 Å². The molecule has 0 unspecified atom stereocenters. The molecule has 0 bridgehead atoms. The molecule has 0 aliphatic heterocycles. The summed E-state index contributed by atoms with van der Waals surface area (Å²) >= 11 is 0. The zero-order valence-corrected chi connectivity index (χ0v) is 12.5. The molecule has 0 aliphatic rings. The van der Waals surface area contributed by atoms with Crippen LogP contribution in [0.1, 0.15) is 37.0 Å². The van der Waals surface area contributed by atoms with Gasteiger partial charge in [-0.1, -0.05) is 13.8 Å². The minimum Gasteiger partial charge on any atom is -0.465 e. The van der Waals surface area contributed by atoms with Gasteiger partial charge in [-0.25, -0.2) is 22.3 Å². The summed E-state index contributed by atoms with van der Waals surface area (Å²) in [5.41, 5.74) is -0.188. The number of methoxy groups -OCH3 is 1. The first kappa shape index (κ1) is 16.6. The molecule has 1 aromatic rings. The average Bonchev–Trinajstić information content (AvgIpc) is 2.43. The van der Waals surface area contributed by atoms with Crippen LogP contribution in [-0.2, 0) is 14.8 Å². The highest BCUT2D eigenvalue weighted by Crippen LogP contribution is 2.19. The molecule has 1 N–H and O–H groups in total. The highest BCUT2D eigenvalue weighted by Gasteiger charge is 2.25. The van der Waals surface area contributed by atoms with E-state index in [0.717, 1.165) is 25.3 Å². The lowest BCUT2D eigenvalue weighted by atomic mass is 10.2. The van der Waals surface area contributed by atoms with Crippen molar-refractivity contribution in [3.05, 3.63) is 29.6 Å². The maximum atomic E-state index is 13.3. The van der Waals surface area contributed by atoms with Gasteiger partial charge in [0.1, 0.15) is 5.82 Å². The number of sulfonamides is 1. The van der Waals surface area contributed by atoms with Crippen molar-refractivity contribution in [1.82, 2.24) is 4.72 Å². The molecular formula is C13H18FNO4S. The van der Waals surface area contributed by atoms with Crippen LogP contribution in [-0.4, -0.2) is 27.5 Å². The number of carbonyl (C=O) groups excluding carboxylic acids is 1. The fraction of sp³-hybridized carbons (Fsp3) is 0.462. The van der Waals surface area contributed by atoms with Gasteiger partial charge in [0.25, 0.3) is 0 Å².